The van der Waals surface area contributed by atoms with Crippen LogP contribution in [0.5, 0.6) is 11.5 Å². The second-order valence-electron chi connectivity index (χ2n) is 7.61. The number of aromatic hydroxyl groups is 1. The molecule has 0 radical (unpaired) electrons. The maximum atomic E-state index is 13.2. The Kier molecular flexibility index (Phi) is 6.42. The SMILES string of the molecule is CCOc1ccc(-c2ccc(O)cc2)cc1C(=O)NC(CO)Cc1c[nH]c2ccccc12. The Morgan fingerprint density at radius 2 is 1.81 bits per heavy atom. The molecule has 0 fully saturated rings. The highest BCUT2D eigenvalue weighted by atomic mass is 16.5. The van der Waals surface area contributed by atoms with E-state index in [0.717, 1.165) is 27.6 Å². The molecule has 0 aliphatic heterocycles. The highest BCUT2D eigenvalue weighted by Crippen LogP contribution is 2.28. The summed E-state index contributed by atoms with van der Waals surface area (Å²) in [4.78, 5) is 16.4. The Bertz CT molecular complexity index is 1210. The van der Waals surface area contributed by atoms with Gasteiger partial charge in [0.25, 0.3) is 5.91 Å². The average Bonchev–Trinajstić information content (AvgIpc) is 3.22. The van der Waals surface area contributed by atoms with Gasteiger partial charge in [-0.1, -0.05) is 36.4 Å². The fraction of sp³-hybridized carbons (Fsp3) is 0.192. The zero-order chi connectivity index (χ0) is 22.5. The van der Waals surface area contributed by atoms with Gasteiger partial charge in [-0.25, -0.2) is 0 Å². The molecular weight excluding hydrogens is 404 g/mol. The Labute approximate surface area is 186 Å². The fourth-order valence-corrected chi connectivity index (χ4v) is 3.81. The Balaban J connectivity index is 1.58. The third kappa shape index (κ3) is 4.60. The summed E-state index contributed by atoms with van der Waals surface area (Å²) >= 11 is 0. The molecule has 4 aromatic rings. The van der Waals surface area contributed by atoms with Gasteiger partial charge in [0, 0.05) is 17.1 Å². The number of aliphatic hydroxyl groups excluding tert-OH is 1. The molecule has 4 rings (SSSR count). The van der Waals surface area contributed by atoms with E-state index in [1.54, 1.807) is 36.4 Å². The number of nitrogens with one attached hydrogen (secondary N) is 2. The van der Waals surface area contributed by atoms with E-state index >= 15 is 0 Å². The fourth-order valence-electron chi connectivity index (χ4n) is 3.81. The van der Waals surface area contributed by atoms with Gasteiger partial charge in [0.2, 0.25) is 0 Å². The van der Waals surface area contributed by atoms with E-state index in [4.69, 9.17) is 4.74 Å². The maximum Gasteiger partial charge on any atom is 0.255 e. The highest BCUT2D eigenvalue weighted by Gasteiger charge is 2.19. The Morgan fingerprint density at radius 1 is 1.06 bits per heavy atom. The number of amides is 1. The molecule has 6 heteroatoms. The van der Waals surface area contributed by atoms with E-state index in [2.05, 4.69) is 10.3 Å². The van der Waals surface area contributed by atoms with E-state index in [9.17, 15) is 15.0 Å². The minimum atomic E-state index is -0.450. The highest BCUT2D eigenvalue weighted by molar-refractivity contribution is 5.98. The van der Waals surface area contributed by atoms with E-state index in [-0.39, 0.29) is 18.3 Å². The standard InChI is InChI=1S/C26H26N2O4/c1-2-32-25-12-9-18(17-7-10-21(30)11-8-17)14-23(25)26(31)28-20(16-29)13-19-15-27-24-6-4-3-5-22(19)24/h3-12,14-15,20,27,29-30H,2,13,16H2,1H3,(H,28,31). The molecule has 32 heavy (non-hydrogen) atoms. The van der Waals surface area contributed by atoms with Crippen molar-refractivity contribution in [3.05, 3.63) is 84.1 Å². The number of carbonyl (C=O) groups is 1. The number of phenolic OH excluding ortho intramolecular Hbond substituents is 1. The first-order valence-electron chi connectivity index (χ1n) is 10.6. The molecule has 164 valence electrons. The normalized spacial score (nSPS) is 11.9. The van der Waals surface area contributed by atoms with Crippen LogP contribution in [-0.2, 0) is 6.42 Å². The number of hydrogen-bond donors (Lipinski definition) is 4. The quantitative estimate of drug-likeness (QED) is 0.336. The second kappa shape index (κ2) is 9.58. The van der Waals surface area contributed by atoms with Crippen LogP contribution in [0.4, 0.5) is 0 Å². The van der Waals surface area contributed by atoms with Crippen LogP contribution >= 0.6 is 0 Å². The first-order chi connectivity index (χ1) is 15.6. The number of aromatic nitrogens is 1. The molecule has 0 saturated heterocycles. The molecule has 0 spiro atoms. The topological polar surface area (TPSA) is 94.6 Å². The first-order valence-corrected chi connectivity index (χ1v) is 10.6. The Morgan fingerprint density at radius 3 is 2.56 bits per heavy atom. The zero-order valence-electron chi connectivity index (χ0n) is 17.8. The van der Waals surface area contributed by atoms with Crippen LogP contribution in [0.3, 0.4) is 0 Å². The number of aromatic amines is 1. The van der Waals surface area contributed by atoms with Gasteiger partial charge in [-0.2, -0.15) is 0 Å². The number of rotatable bonds is 8. The molecule has 0 aliphatic rings. The molecular formula is C26H26N2O4. The zero-order valence-corrected chi connectivity index (χ0v) is 17.8. The summed E-state index contributed by atoms with van der Waals surface area (Å²) in [6.45, 7) is 2.10. The van der Waals surface area contributed by atoms with Crippen LogP contribution in [-0.4, -0.2) is 40.4 Å². The Hall–Kier alpha value is -3.77. The number of benzene rings is 3. The van der Waals surface area contributed by atoms with Crippen molar-refractivity contribution >= 4 is 16.8 Å². The van der Waals surface area contributed by atoms with Gasteiger partial charge < -0.3 is 25.3 Å². The number of fused-ring (bicyclic) bond motifs is 1. The number of H-pyrrole nitrogens is 1. The summed E-state index contributed by atoms with van der Waals surface area (Å²) in [5, 5.41) is 23.5. The molecule has 6 nitrogen and oxygen atoms in total. The van der Waals surface area contributed by atoms with Crippen LogP contribution in [0.1, 0.15) is 22.8 Å². The number of para-hydroxylation sites is 1. The summed E-state index contributed by atoms with van der Waals surface area (Å²) in [6.07, 6.45) is 2.41. The molecule has 3 aromatic carbocycles. The molecule has 1 atom stereocenters. The molecule has 1 heterocycles. The predicted octanol–water partition coefficient (Wildman–Crippen LogP) is 4.27. The van der Waals surface area contributed by atoms with Gasteiger partial charge >= 0.3 is 0 Å². The summed E-state index contributed by atoms with van der Waals surface area (Å²) in [5.41, 5.74) is 4.15. The van der Waals surface area contributed by atoms with Gasteiger partial charge in [0.05, 0.1) is 24.8 Å². The van der Waals surface area contributed by atoms with Crippen molar-refractivity contribution < 1.29 is 19.7 Å². The molecule has 1 amide bonds. The lowest BCUT2D eigenvalue weighted by Crippen LogP contribution is -2.39. The average molecular weight is 431 g/mol. The molecule has 0 bridgehead atoms. The molecule has 0 aliphatic carbocycles. The lowest BCUT2D eigenvalue weighted by Gasteiger charge is -2.18. The van der Waals surface area contributed by atoms with Crippen molar-refractivity contribution in [2.75, 3.05) is 13.2 Å². The van der Waals surface area contributed by atoms with Crippen LogP contribution in [0.15, 0.2) is 72.9 Å². The maximum absolute atomic E-state index is 13.2. The smallest absolute Gasteiger partial charge is 0.255 e. The molecule has 1 unspecified atom stereocenters. The van der Waals surface area contributed by atoms with Crippen LogP contribution in [0.2, 0.25) is 0 Å². The van der Waals surface area contributed by atoms with Gasteiger partial charge in [-0.3, -0.25) is 4.79 Å². The summed E-state index contributed by atoms with van der Waals surface area (Å²) in [5.74, 6) is 0.352. The summed E-state index contributed by atoms with van der Waals surface area (Å²) in [7, 11) is 0. The van der Waals surface area contributed by atoms with Gasteiger partial charge in [0.15, 0.2) is 0 Å². The van der Waals surface area contributed by atoms with E-state index in [1.807, 2.05) is 43.5 Å². The monoisotopic (exact) mass is 430 g/mol. The van der Waals surface area contributed by atoms with Crippen molar-refractivity contribution in [3.8, 4) is 22.6 Å². The van der Waals surface area contributed by atoms with Crippen molar-refractivity contribution in [2.24, 2.45) is 0 Å². The van der Waals surface area contributed by atoms with Crippen molar-refractivity contribution in [1.82, 2.24) is 10.3 Å². The molecule has 4 N–H and O–H groups in total. The van der Waals surface area contributed by atoms with Gasteiger partial charge in [0.1, 0.15) is 11.5 Å². The number of hydrogen-bond acceptors (Lipinski definition) is 4. The third-order valence-electron chi connectivity index (χ3n) is 5.42. The minimum absolute atomic E-state index is 0.181. The van der Waals surface area contributed by atoms with Crippen LogP contribution < -0.4 is 10.1 Å². The van der Waals surface area contributed by atoms with Crippen molar-refractivity contribution in [2.45, 2.75) is 19.4 Å². The minimum Gasteiger partial charge on any atom is -0.508 e. The largest absolute Gasteiger partial charge is 0.508 e. The van der Waals surface area contributed by atoms with E-state index in [1.165, 1.54) is 0 Å². The summed E-state index contributed by atoms with van der Waals surface area (Å²) in [6, 6.07) is 19.7. The first kappa shape index (κ1) is 21.5. The molecule has 0 saturated carbocycles. The van der Waals surface area contributed by atoms with Gasteiger partial charge in [-0.05, 0) is 60.4 Å². The lowest BCUT2D eigenvalue weighted by atomic mass is 10.0. The summed E-state index contributed by atoms with van der Waals surface area (Å²) < 4.78 is 5.68. The van der Waals surface area contributed by atoms with Crippen molar-refractivity contribution in [3.63, 3.8) is 0 Å². The van der Waals surface area contributed by atoms with E-state index < -0.39 is 6.04 Å². The van der Waals surface area contributed by atoms with Gasteiger partial charge in [-0.15, -0.1) is 0 Å². The molecule has 1 aromatic heterocycles. The number of ether oxygens (including phenoxy) is 1. The third-order valence-corrected chi connectivity index (χ3v) is 5.42. The van der Waals surface area contributed by atoms with E-state index in [0.29, 0.717) is 24.3 Å². The van der Waals surface area contributed by atoms with Crippen molar-refractivity contribution in [1.29, 1.82) is 0 Å². The second-order valence-corrected chi connectivity index (χ2v) is 7.61. The predicted molar refractivity (Wildman–Crippen MR) is 125 cm³/mol. The van der Waals surface area contributed by atoms with Crippen LogP contribution in [0, 0.1) is 0 Å². The lowest BCUT2D eigenvalue weighted by molar-refractivity contribution is 0.0913. The van der Waals surface area contributed by atoms with Crippen LogP contribution in [0.25, 0.3) is 22.0 Å². The number of aliphatic hydroxyl groups is 1. The number of carbonyl (C=O) groups excluding carboxylic acids is 1. The number of phenols is 1.